The van der Waals surface area contributed by atoms with Crippen molar-refractivity contribution in [2.75, 3.05) is 0 Å². The van der Waals surface area contributed by atoms with Crippen LogP contribution in [0.25, 0.3) is 0 Å². The molecule has 0 spiro atoms. The monoisotopic (exact) mass is 395 g/mol. The van der Waals surface area contributed by atoms with Gasteiger partial charge >= 0.3 is 6.18 Å². The minimum absolute atomic E-state index is 0.220. The van der Waals surface area contributed by atoms with Crippen LogP contribution in [0.4, 0.5) is 13.2 Å². The van der Waals surface area contributed by atoms with Gasteiger partial charge in [-0.2, -0.15) is 23.3 Å². The second-order valence-corrected chi connectivity index (χ2v) is 8.75. The number of halogens is 4. The van der Waals surface area contributed by atoms with Gasteiger partial charge in [0.15, 0.2) is 5.11 Å². The van der Waals surface area contributed by atoms with Crippen LogP contribution in [0.2, 0.25) is 0 Å². The molecule has 9 heteroatoms. The van der Waals surface area contributed by atoms with E-state index in [2.05, 4.69) is 10.4 Å². The summed E-state index contributed by atoms with van der Waals surface area (Å²) in [7, 11) is 0. The number of thiocarbonyl (C=S) groups is 1. The molecule has 1 aliphatic heterocycles. The fraction of sp³-hybridized carbons (Fsp3) is 0.625. The van der Waals surface area contributed by atoms with Crippen molar-refractivity contribution in [3.8, 4) is 0 Å². The summed E-state index contributed by atoms with van der Waals surface area (Å²) in [6.45, 7) is 7.02. The van der Waals surface area contributed by atoms with Crippen LogP contribution < -0.4 is 5.32 Å². The SMILES string of the molecule is CC1(Cl)C=CC(NC(=S)N2N=C(C(C)(C)C)CC2(O)C(F)(F)F)=CC1. The number of hydrazone groups is 1. The van der Waals surface area contributed by atoms with Crippen LogP contribution in [0.3, 0.4) is 0 Å². The number of hydrogen-bond acceptors (Lipinski definition) is 3. The molecule has 2 N–H and O–H groups in total. The van der Waals surface area contributed by atoms with Crippen LogP contribution in [0.5, 0.6) is 0 Å². The molecule has 0 fully saturated rings. The number of aliphatic hydroxyl groups is 1. The maximum Gasteiger partial charge on any atom is 0.438 e. The number of nitrogens with zero attached hydrogens (tertiary/aromatic N) is 2. The van der Waals surface area contributed by atoms with Crippen LogP contribution in [0, 0.1) is 5.41 Å². The molecular weight excluding hydrogens is 375 g/mol. The second kappa shape index (κ2) is 6.25. The molecule has 2 unspecified atom stereocenters. The Kier molecular flexibility index (Phi) is 5.04. The van der Waals surface area contributed by atoms with Crippen molar-refractivity contribution in [2.45, 2.75) is 57.3 Å². The van der Waals surface area contributed by atoms with Gasteiger partial charge in [-0.05, 0) is 31.6 Å². The molecule has 0 aromatic heterocycles. The van der Waals surface area contributed by atoms with Gasteiger partial charge in [-0.25, -0.2) is 0 Å². The maximum absolute atomic E-state index is 13.5. The zero-order valence-electron chi connectivity index (χ0n) is 14.4. The van der Waals surface area contributed by atoms with Crippen molar-refractivity contribution >= 4 is 34.6 Å². The summed E-state index contributed by atoms with van der Waals surface area (Å²) < 4.78 is 40.5. The van der Waals surface area contributed by atoms with Crippen LogP contribution in [-0.4, -0.2) is 37.7 Å². The minimum atomic E-state index is -4.92. The van der Waals surface area contributed by atoms with E-state index in [0.717, 1.165) is 0 Å². The molecule has 0 aromatic rings. The quantitative estimate of drug-likeness (QED) is 0.519. The average Bonchev–Trinajstić information content (AvgIpc) is 2.80. The van der Waals surface area contributed by atoms with Gasteiger partial charge in [0.1, 0.15) is 0 Å². The van der Waals surface area contributed by atoms with E-state index in [-0.39, 0.29) is 10.8 Å². The maximum atomic E-state index is 13.5. The predicted molar refractivity (Wildman–Crippen MR) is 96.2 cm³/mol. The fourth-order valence-electron chi connectivity index (χ4n) is 2.37. The van der Waals surface area contributed by atoms with Crippen molar-refractivity contribution < 1.29 is 18.3 Å². The summed E-state index contributed by atoms with van der Waals surface area (Å²) in [6.07, 6.45) is 0.0207. The van der Waals surface area contributed by atoms with E-state index in [1.807, 2.05) is 6.92 Å². The Morgan fingerprint density at radius 3 is 2.44 bits per heavy atom. The zero-order chi connectivity index (χ0) is 19.3. The Bertz CT molecular complexity index is 665. The second-order valence-electron chi connectivity index (χ2n) is 7.50. The van der Waals surface area contributed by atoms with Crippen LogP contribution >= 0.6 is 23.8 Å². The third-order valence-electron chi connectivity index (χ3n) is 4.08. The van der Waals surface area contributed by atoms with Crippen LogP contribution in [-0.2, 0) is 0 Å². The Morgan fingerprint density at radius 1 is 1.40 bits per heavy atom. The van der Waals surface area contributed by atoms with Gasteiger partial charge in [0, 0.05) is 23.2 Å². The van der Waals surface area contributed by atoms with Crippen molar-refractivity contribution in [1.29, 1.82) is 0 Å². The van der Waals surface area contributed by atoms with Gasteiger partial charge in [0.25, 0.3) is 5.72 Å². The third-order valence-corrected chi connectivity index (χ3v) is 4.64. The molecule has 2 aliphatic rings. The first-order valence-corrected chi connectivity index (χ1v) is 8.51. The number of hydrogen-bond donors (Lipinski definition) is 2. The predicted octanol–water partition coefficient (Wildman–Crippen LogP) is 4.06. The Hall–Kier alpha value is -1.12. The normalized spacial score (nSPS) is 30.2. The van der Waals surface area contributed by atoms with E-state index in [9.17, 15) is 18.3 Å². The molecule has 0 saturated carbocycles. The van der Waals surface area contributed by atoms with Gasteiger partial charge in [-0.15, -0.1) is 11.6 Å². The molecule has 0 amide bonds. The summed E-state index contributed by atoms with van der Waals surface area (Å²) in [5.41, 5.74) is -3.07. The highest BCUT2D eigenvalue weighted by Gasteiger charge is 2.63. The summed E-state index contributed by atoms with van der Waals surface area (Å²) in [5, 5.41) is 17.1. The summed E-state index contributed by atoms with van der Waals surface area (Å²) in [4.78, 5) is -0.537. The third kappa shape index (κ3) is 4.17. The molecule has 0 radical (unpaired) electrons. The molecule has 140 valence electrons. The van der Waals surface area contributed by atoms with Gasteiger partial charge in [-0.3, -0.25) is 0 Å². The molecular formula is C16H21ClF3N3OS. The highest BCUT2D eigenvalue weighted by atomic mass is 35.5. The lowest BCUT2D eigenvalue weighted by molar-refractivity contribution is -0.294. The van der Waals surface area contributed by atoms with Gasteiger partial charge in [0.05, 0.1) is 4.87 Å². The van der Waals surface area contributed by atoms with E-state index in [1.54, 1.807) is 39.0 Å². The number of rotatable bonds is 1. The van der Waals surface area contributed by atoms with Crippen molar-refractivity contribution in [1.82, 2.24) is 10.3 Å². The lowest BCUT2D eigenvalue weighted by atomic mass is 9.86. The van der Waals surface area contributed by atoms with Crippen molar-refractivity contribution in [2.24, 2.45) is 10.5 Å². The molecule has 25 heavy (non-hydrogen) atoms. The Balaban J connectivity index is 2.27. The van der Waals surface area contributed by atoms with Gasteiger partial charge < -0.3 is 10.4 Å². The fourth-order valence-corrected chi connectivity index (χ4v) is 2.82. The zero-order valence-corrected chi connectivity index (χ0v) is 16.0. The summed E-state index contributed by atoms with van der Waals surface area (Å²) >= 11 is 11.2. The molecule has 1 aliphatic carbocycles. The van der Waals surface area contributed by atoms with E-state index < -0.39 is 28.6 Å². The molecule has 1 heterocycles. The number of nitrogens with one attached hydrogen (secondary N) is 1. The number of alkyl halides is 4. The van der Waals surface area contributed by atoms with E-state index in [1.165, 1.54) is 0 Å². The average molecular weight is 396 g/mol. The topological polar surface area (TPSA) is 47.9 Å². The molecule has 0 bridgehead atoms. The van der Waals surface area contributed by atoms with Crippen LogP contribution in [0.15, 0.2) is 29.0 Å². The molecule has 0 aromatic carbocycles. The van der Waals surface area contributed by atoms with Gasteiger partial charge in [-0.1, -0.05) is 32.9 Å². The van der Waals surface area contributed by atoms with Crippen LogP contribution in [0.1, 0.15) is 40.5 Å². The molecule has 2 atom stereocenters. The Labute approximate surface area is 155 Å². The Morgan fingerprint density at radius 2 is 2.00 bits per heavy atom. The summed E-state index contributed by atoms with van der Waals surface area (Å²) in [6, 6.07) is 0. The molecule has 2 rings (SSSR count). The van der Waals surface area contributed by atoms with Gasteiger partial charge in [0.2, 0.25) is 0 Å². The smallest absolute Gasteiger partial charge is 0.362 e. The number of allylic oxidation sites excluding steroid dienone is 3. The molecule has 4 nitrogen and oxygen atoms in total. The minimum Gasteiger partial charge on any atom is -0.362 e. The molecule has 0 saturated heterocycles. The first-order valence-electron chi connectivity index (χ1n) is 7.72. The lowest BCUT2D eigenvalue weighted by Gasteiger charge is -2.34. The highest BCUT2D eigenvalue weighted by Crippen LogP contribution is 2.43. The van der Waals surface area contributed by atoms with Crippen molar-refractivity contribution in [3.05, 3.63) is 23.9 Å². The highest BCUT2D eigenvalue weighted by molar-refractivity contribution is 7.80. The van der Waals surface area contributed by atoms with E-state index in [4.69, 9.17) is 23.8 Å². The van der Waals surface area contributed by atoms with E-state index >= 15 is 0 Å². The lowest BCUT2D eigenvalue weighted by Crippen LogP contribution is -2.58. The standard InChI is InChI=1S/C16H21ClF3N3OS/c1-13(2,3)11-9-15(24,16(18,19)20)23(22-11)12(25)21-10-5-7-14(4,17)8-6-10/h5-7,24H,8-9H2,1-4H3,(H,21,25). The summed E-state index contributed by atoms with van der Waals surface area (Å²) in [5.74, 6) is 0. The van der Waals surface area contributed by atoms with E-state index in [0.29, 0.717) is 17.1 Å². The first-order chi connectivity index (χ1) is 11.2. The first kappa shape index (κ1) is 20.2. The largest absolute Gasteiger partial charge is 0.438 e. The van der Waals surface area contributed by atoms with Crippen molar-refractivity contribution in [3.63, 3.8) is 0 Å².